The fraction of sp³-hybridized carbons (Fsp3) is 0.750. The quantitative estimate of drug-likeness (QED) is 0.923. The number of hydrogen-bond donors (Lipinski definition) is 1. The van der Waals surface area contributed by atoms with Crippen LogP contribution in [0.15, 0.2) is 16.5 Å². The normalized spacial score (nSPS) is 42.8. The molecule has 6 atom stereocenters. The number of hydrogen-bond acceptors (Lipinski definition) is 3. The van der Waals surface area contributed by atoms with Crippen molar-refractivity contribution in [2.24, 2.45) is 11.8 Å². The molecule has 6 unspecified atom stereocenters. The molecule has 1 amide bonds. The number of amides is 1. The van der Waals surface area contributed by atoms with Gasteiger partial charge in [0.15, 0.2) is 0 Å². The van der Waals surface area contributed by atoms with Crippen molar-refractivity contribution in [1.82, 2.24) is 10.2 Å². The molecule has 2 saturated carbocycles. The summed E-state index contributed by atoms with van der Waals surface area (Å²) in [5.41, 5.74) is 0. The monoisotopic (exact) mass is 328 g/mol. The van der Waals surface area contributed by atoms with Crippen molar-refractivity contribution in [2.75, 3.05) is 7.05 Å². The van der Waals surface area contributed by atoms with Crippen molar-refractivity contribution in [3.63, 3.8) is 0 Å². The molecule has 5 rings (SSSR count). The maximum absolute atomic E-state index is 12.9. The Bertz CT molecular complexity index is 642. The Balaban J connectivity index is 1.21. The lowest BCUT2D eigenvalue weighted by molar-refractivity contribution is -0.134. The third kappa shape index (κ3) is 2.50. The number of piperidine rings is 1. The summed E-state index contributed by atoms with van der Waals surface area (Å²) in [5.74, 6) is 4.38. The lowest BCUT2D eigenvalue weighted by atomic mass is 9.98. The maximum Gasteiger partial charge on any atom is 0.226 e. The first-order valence-electron chi connectivity index (χ1n) is 9.72. The molecule has 130 valence electrons. The molecular weight excluding hydrogens is 300 g/mol. The molecule has 3 heterocycles. The molecule has 4 heteroatoms. The topological polar surface area (TPSA) is 45.5 Å². The highest BCUT2D eigenvalue weighted by Crippen LogP contribution is 2.52. The Labute approximate surface area is 144 Å². The molecule has 2 bridgehead atoms. The van der Waals surface area contributed by atoms with Gasteiger partial charge in [-0.05, 0) is 56.6 Å². The van der Waals surface area contributed by atoms with E-state index in [1.54, 1.807) is 0 Å². The van der Waals surface area contributed by atoms with Crippen LogP contribution in [0.5, 0.6) is 0 Å². The van der Waals surface area contributed by atoms with E-state index in [1.165, 1.54) is 19.3 Å². The van der Waals surface area contributed by atoms with Crippen molar-refractivity contribution in [1.29, 1.82) is 0 Å². The zero-order chi connectivity index (χ0) is 16.4. The third-order valence-corrected chi connectivity index (χ3v) is 6.94. The van der Waals surface area contributed by atoms with Gasteiger partial charge in [0.25, 0.3) is 0 Å². The zero-order valence-electron chi connectivity index (χ0n) is 14.7. The molecule has 24 heavy (non-hydrogen) atoms. The molecule has 1 N–H and O–H groups in total. The minimum atomic E-state index is 0.151. The number of nitrogens with zero attached hydrogens (tertiary/aromatic N) is 1. The molecule has 4 nitrogen and oxygen atoms in total. The number of fused-ring (bicyclic) bond motifs is 2. The Morgan fingerprint density at radius 3 is 2.33 bits per heavy atom. The maximum atomic E-state index is 12.9. The fourth-order valence-electron chi connectivity index (χ4n) is 5.05. The van der Waals surface area contributed by atoms with E-state index < -0.39 is 0 Å². The van der Waals surface area contributed by atoms with Crippen LogP contribution in [0.2, 0.25) is 0 Å². The molecule has 1 aromatic rings. The van der Waals surface area contributed by atoms with Gasteiger partial charge in [0.2, 0.25) is 5.91 Å². The molecule has 2 aliphatic heterocycles. The largest absolute Gasteiger partial charge is 0.465 e. The summed E-state index contributed by atoms with van der Waals surface area (Å²) >= 11 is 0. The van der Waals surface area contributed by atoms with Crippen molar-refractivity contribution >= 4 is 5.91 Å². The van der Waals surface area contributed by atoms with Crippen LogP contribution in [0.3, 0.4) is 0 Å². The summed E-state index contributed by atoms with van der Waals surface area (Å²) in [6.07, 6.45) is 7.03. The summed E-state index contributed by atoms with van der Waals surface area (Å²) in [6.45, 7) is 2.28. The summed E-state index contributed by atoms with van der Waals surface area (Å²) in [7, 11) is 2.02. The van der Waals surface area contributed by atoms with Gasteiger partial charge in [-0.3, -0.25) is 4.79 Å². The summed E-state index contributed by atoms with van der Waals surface area (Å²) in [4.78, 5) is 15.0. The van der Waals surface area contributed by atoms with E-state index in [0.29, 0.717) is 35.9 Å². The van der Waals surface area contributed by atoms with Gasteiger partial charge in [-0.25, -0.2) is 0 Å². The van der Waals surface area contributed by atoms with E-state index in [1.807, 2.05) is 7.05 Å². The van der Waals surface area contributed by atoms with Crippen molar-refractivity contribution < 1.29 is 9.21 Å². The molecule has 2 saturated heterocycles. The Morgan fingerprint density at radius 1 is 1.08 bits per heavy atom. The fourth-order valence-corrected chi connectivity index (χ4v) is 5.05. The van der Waals surface area contributed by atoms with Gasteiger partial charge < -0.3 is 14.6 Å². The average molecular weight is 328 g/mol. The Hall–Kier alpha value is -1.29. The highest BCUT2D eigenvalue weighted by Gasteiger charge is 2.49. The minimum absolute atomic E-state index is 0.151. The first-order chi connectivity index (χ1) is 11.6. The second-order valence-corrected chi connectivity index (χ2v) is 8.72. The van der Waals surface area contributed by atoms with Gasteiger partial charge in [-0.1, -0.05) is 6.92 Å². The van der Waals surface area contributed by atoms with Gasteiger partial charge in [0, 0.05) is 42.9 Å². The second-order valence-electron chi connectivity index (χ2n) is 8.72. The Morgan fingerprint density at radius 2 is 1.71 bits per heavy atom. The molecule has 0 aromatic carbocycles. The minimum Gasteiger partial charge on any atom is -0.465 e. The van der Waals surface area contributed by atoms with Crippen molar-refractivity contribution in [3.8, 4) is 0 Å². The van der Waals surface area contributed by atoms with Crippen LogP contribution >= 0.6 is 0 Å². The van der Waals surface area contributed by atoms with Crippen molar-refractivity contribution in [2.45, 2.75) is 75.4 Å². The molecule has 4 aliphatic rings. The number of rotatable bonds is 4. The lowest BCUT2D eigenvalue weighted by Crippen LogP contribution is -2.49. The number of nitrogens with one attached hydrogen (secondary N) is 1. The number of carbonyl (C=O) groups is 1. The number of furan rings is 1. The van der Waals surface area contributed by atoms with Crippen LogP contribution in [0.4, 0.5) is 0 Å². The van der Waals surface area contributed by atoms with Gasteiger partial charge in [-0.15, -0.1) is 0 Å². The van der Waals surface area contributed by atoms with E-state index >= 15 is 0 Å². The van der Waals surface area contributed by atoms with Crippen LogP contribution in [0.1, 0.15) is 68.8 Å². The van der Waals surface area contributed by atoms with E-state index in [4.69, 9.17) is 4.42 Å². The van der Waals surface area contributed by atoms with Crippen LogP contribution in [0.25, 0.3) is 0 Å². The predicted molar refractivity (Wildman–Crippen MR) is 91.8 cm³/mol. The molecule has 4 fully saturated rings. The van der Waals surface area contributed by atoms with E-state index in [-0.39, 0.29) is 5.92 Å². The van der Waals surface area contributed by atoms with Crippen LogP contribution in [-0.2, 0) is 4.79 Å². The number of carbonyl (C=O) groups excluding carboxylic acids is 1. The molecule has 2 aliphatic carbocycles. The van der Waals surface area contributed by atoms with Gasteiger partial charge in [0.05, 0.1) is 0 Å². The third-order valence-electron chi connectivity index (χ3n) is 6.94. The smallest absolute Gasteiger partial charge is 0.226 e. The van der Waals surface area contributed by atoms with Crippen LogP contribution in [-0.4, -0.2) is 36.0 Å². The predicted octanol–water partition coefficient (Wildman–Crippen LogP) is 3.25. The summed E-state index contributed by atoms with van der Waals surface area (Å²) < 4.78 is 6.07. The average Bonchev–Trinajstić information content (AvgIpc) is 3.45. The molecular formula is C20H28N2O2. The molecule has 1 aromatic heterocycles. The molecule has 0 spiro atoms. The Kier molecular flexibility index (Phi) is 3.35. The summed E-state index contributed by atoms with van der Waals surface area (Å²) in [6, 6.07) is 5.94. The van der Waals surface area contributed by atoms with Crippen molar-refractivity contribution in [3.05, 3.63) is 23.7 Å². The van der Waals surface area contributed by atoms with Gasteiger partial charge >= 0.3 is 0 Å². The van der Waals surface area contributed by atoms with E-state index in [9.17, 15) is 4.79 Å². The first-order valence-corrected chi connectivity index (χ1v) is 9.72. The van der Waals surface area contributed by atoms with E-state index in [2.05, 4.69) is 29.3 Å². The first kappa shape index (κ1) is 15.0. The van der Waals surface area contributed by atoms with Crippen LogP contribution < -0.4 is 5.32 Å². The van der Waals surface area contributed by atoms with E-state index in [0.717, 1.165) is 36.7 Å². The van der Waals surface area contributed by atoms with Gasteiger partial charge in [-0.2, -0.15) is 0 Å². The SMILES string of the molecule is CC1CC1c1ccc(C2CC2C(=O)N(C)C2CC3CCC(C2)N3)o1. The molecule has 0 radical (unpaired) electrons. The summed E-state index contributed by atoms with van der Waals surface area (Å²) in [5, 5.41) is 3.66. The highest BCUT2D eigenvalue weighted by molar-refractivity contribution is 5.83. The zero-order valence-corrected chi connectivity index (χ0v) is 14.7. The second kappa shape index (κ2) is 5.35. The van der Waals surface area contributed by atoms with Crippen LogP contribution in [0, 0.1) is 11.8 Å². The highest BCUT2D eigenvalue weighted by atomic mass is 16.3. The van der Waals surface area contributed by atoms with Gasteiger partial charge in [0.1, 0.15) is 11.5 Å². The standard InChI is InChI=1S/C20H28N2O2/c1-11-7-15(11)18-5-6-19(24-18)16-10-17(16)20(23)22(2)14-8-12-3-4-13(9-14)21-12/h5-6,11-17,21H,3-4,7-10H2,1-2H3. The lowest BCUT2D eigenvalue weighted by Gasteiger charge is -2.35.